The van der Waals surface area contributed by atoms with Gasteiger partial charge in [-0.15, -0.1) is 0 Å². The molecule has 1 unspecified atom stereocenters. The third-order valence-electron chi connectivity index (χ3n) is 3.82. The molecule has 2 aromatic rings. The number of amides is 1. The molecule has 0 aliphatic rings. The van der Waals surface area contributed by atoms with Crippen molar-refractivity contribution in [2.24, 2.45) is 0 Å². The van der Waals surface area contributed by atoms with E-state index >= 15 is 0 Å². The maximum Gasteiger partial charge on any atom is 0.307 e. The molecule has 0 aliphatic carbocycles. The predicted molar refractivity (Wildman–Crippen MR) is 108 cm³/mol. The zero-order valence-corrected chi connectivity index (χ0v) is 17.6. The molecule has 0 bridgehead atoms. The number of halogens is 2. The zero-order valence-electron chi connectivity index (χ0n) is 16.0. The highest BCUT2D eigenvalue weighted by atomic mass is 35.5. The topological polar surface area (TPSA) is 145 Å². The normalized spacial score (nSPS) is 12.1. The Bertz CT molecular complexity index is 1110. The zero-order chi connectivity index (χ0) is 23.2. The van der Waals surface area contributed by atoms with Crippen LogP contribution < -0.4 is 10.0 Å². The first-order valence-corrected chi connectivity index (χ1v) is 10.6. The summed E-state index contributed by atoms with van der Waals surface area (Å²) < 4.78 is 44.7. The Hall–Kier alpha value is -3.09. The number of nitrogens with one attached hydrogen (secondary N) is 2. The summed E-state index contributed by atoms with van der Waals surface area (Å²) in [5.74, 6) is -2.74. The number of benzene rings is 2. The monoisotopic (exact) mass is 473 g/mol. The van der Waals surface area contributed by atoms with Gasteiger partial charge in [0.2, 0.25) is 15.8 Å². The number of nitrogens with zero attached hydrogens (tertiary/aromatic N) is 1. The van der Waals surface area contributed by atoms with Gasteiger partial charge < -0.3 is 10.1 Å². The van der Waals surface area contributed by atoms with Gasteiger partial charge in [-0.25, -0.2) is 13.1 Å². The summed E-state index contributed by atoms with van der Waals surface area (Å²) in [6, 6.07) is 8.30. The third-order valence-corrected chi connectivity index (χ3v) is 5.51. The summed E-state index contributed by atoms with van der Waals surface area (Å²) >= 11 is 5.76. The van der Waals surface area contributed by atoms with E-state index in [0.29, 0.717) is 0 Å². The van der Waals surface area contributed by atoms with Crippen LogP contribution in [0.25, 0.3) is 0 Å². The van der Waals surface area contributed by atoms with Crippen molar-refractivity contribution in [1.82, 2.24) is 4.72 Å². The van der Waals surface area contributed by atoms with Crippen LogP contribution in [0.5, 0.6) is 0 Å². The van der Waals surface area contributed by atoms with Crippen molar-refractivity contribution in [3.8, 4) is 0 Å². The summed E-state index contributed by atoms with van der Waals surface area (Å²) in [4.78, 5) is 33.7. The minimum Gasteiger partial charge on any atom is -0.452 e. The van der Waals surface area contributed by atoms with Crippen LogP contribution in [0.15, 0.2) is 47.4 Å². The molecule has 166 valence electrons. The standard InChI is InChI=1S/C18H17ClFN3O7S/c1-11(18(25)22-13-5-6-15(20)16(10-13)23(26)27)30-17(24)7-8-21-31(28,29)14-4-2-3-12(19)9-14/h2-6,9-11,21H,7-8H2,1H3,(H,22,25). The first kappa shape index (κ1) is 24.2. The maximum absolute atomic E-state index is 13.3. The van der Waals surface area contributed by atoms with Gasteiger partial charge in [0.1, 0.15) is 0 Å². The number of carbonyl (C=O) groups is 2. The van der Waals surface area contributed by atoms with Gasteiger partial charge in [0.25, 0.3) is 5.91 Å². The first-order valence-electron chi connectivity index (χ1n) is 8.69. The summed E-state index contributed by atoms with van der Waals surface area (Å²) in [5, 5.41) is 13.2. The Morgan fingerprint density at radius 3 is 2.61 bits per heavy atom. The van der Waals surface area contributed by atoms with Crippen molar-refractivity contribution >= 4 is 44.9 Å². The molecule has 2 aromatic carbocycles. The molecular weight excluding hydrogens is 457 g/mol. The molecule has 10 nitrogen and oxygen atoms in total. The number of nitro groups is 1. The van der Waals surface area contributed by atoms with E-state index in [9.17, 15) is 32.5 Å². The van der Waals surface area contributed by atoms with Gasteiger partial charge >= 0.3 is 11.7 Å². The van der Waals surface area contributed by atoms with Gasteiger partial charge in [-0.1, -0.05) is 17.7 Å². The summed E-state index contributed by atoms with van der Waals surface area (Å²) in [7, 11) is -3.89. The molecule has 0 heterocycles. The molecule has 0 saturated carbocycles. The summed E-state index contributed by atoms with van der Waals surface area (Å²) in [5.41, 5.74) is -0.885. The van der Waals surface area contributed by atoms with Crippen LogP contribution in [-0.2, 0) is 24.3 Å². The molecule has 0 fully saturated rings. The number of nitro benzene ring substituents is 1. The third kappa shape index (κ3) is 6.98. The molecule has 13 heteroatoms. The van der Waals surface area contributed by atoms with Crippen molar-refractivity contribution in [1.29, 1.82) is 0 Å². The van der Waals surface area contributed by atoms with E-state index in [4.69, 9.17) is 16.3 Å². The molecule has 0 radical (unpaired) electrons. The molecule has 0 saturated heterocycles. The van der Waals surface area contributed by atoms with E-state index in [1.54, 1.807) is 0 Å². The molecule has 0 spiro atoms. The van der Waals surface area contributed by atoms with Crippen LogP contribution in [0.2, 0.25) is 5.02 Å². The Morgan fingerprint density at radius 2 is 1.97 bits per heavy atom. The minimum atomic E-state index is -3.89. The van der Waals surface area contributed by atoms with Crippen molar-refractivity contribution in [2.45, 2.75) is 24.3 Å². The molecule has 0 aromatic heterocycles. The van der Waals surface area contributed by atoms with Crippen LogP contribution in [0.1, 0.15) is 13.3 Å². The quantitative estimate of drug-likeness (QED) is 0.323. The van der Waals surface area contributed by atoms with Gasteiger partial charge in [0, 0.05) is 23.3 Å². The second-order valence-electron chi connectivity index (χ2n) is 6.15. The van der Waals surface area contributed by atoms with Crippen LogP contribution >= 0.6 is 11.6 Å². The Balaban J connectivity index is 1.86. The Labute approximate surface area is 181 Å². The molecule has 0 aliphatic heterocycles. The predicted octanol–water partition coefficient (Wildman–Crippen LogP) is 2.63. The SMILES string of the molecule is CC(OC(=O)CCNS(=O)(=O)c1cccc(Cl)c1)C(=O)Nc1ccc(F)c([N+](=O)[O-])c1. The number of ether oxygens (including phenoxy) is 1. The molecule has 1 amide bonds. The van der Waals surface area contributed by atoms with Crippen LogP contribution in [0, 0.1) is 15.9 Å². The molecule has 2 rings (SSSR count). The van der Waals surface area contributed by atoms with Gasteiger partial charge in [-0.3, -0.25) is 19.7 Å². The first-order chi connectivity index (χ1) is 14.5. The lowest BCUT2D eigenvalue weighted by Gasteiger charge is -2.14. The number of sulfonamides is 1. The Kier molecular flexibility index (Phi) is 8.02. The molecule has 2 N–H and O–H groups in total. The average molecular weight is 474 g/mol. The highest BCUT2D eigenvalue weighted by molar-refractivity contribution is 7.89. The fraction of sp³-hybridized carbons (Fsp3) is 0.222. The van der Waals surface area contributed by atoms with Crippen molar-refractivity contribution in [3.63, 3.8) is 0 Å². The van der Waals surface area contributed by atoms with E-state index in [1.807, 2.05) is 0 Å². The van der Waals surface area contributed by atoms with Crippen LogP contribution in [0.4, 0.5) is 15.8 Å². The minimum absolute atomic E-state index is 0.0599. The van der Waals surface area contributed by atoms with E-state index < -0.39 is 44.4 Å². The second kappa shape index (κ2) is 10.3. The van der Waals surface area contributed by atoms with E-state index in [2.05, 4.69) is 10.0 Å². The van der Waals surface area contributed by atoms with Crippen molar-refractivity contribution in [2.75, 3.05) is 11.9 Å². The van der Waals surface area contributed by atoms with E-state index in [-0.39, 0.29) is 28.6 Å². The molecule has 1 atom stereocenters. The molecular formula is C18H17ClFN3O7S. The summed E-state index contributed by atoms with van der Waals surface area (Å²) in [6.07, 6.45) is -1.65. The van der Waals surface area contributed by atoms with Crippen molar-refractivity contribution < 1.29 is 32.1 Å². The van der Waals surface area contributed by atoms with Crippen LogP contribution in [0.3, 0.4) is 0 Å². The summed E-state index contributed by atoms with van der Waals surface area (Å²) in [6.45, 7) is 0.966. The van der Waals surface area contributed by atoms with Crippen LogP contribution in [-0.4, -0.2) is 37.9 Å². The lowest BCUT2D eigenvalue weighted by Crippen LogP contribution is -2.32. The van der Waals surface area contributed by atoms with Gasteiger partial charge in [0.15, 0.2) is 6.10 Å². The fourth-order valence-electron chi connectivity index (χ4n) is 2.29. The number of hydrogen-bond donors (Lipinski definition) is 2. The number of hydrogen-bond acceptors (Lipinski definition) is 7. The average Bonchev–Trinajstić information content (AvgIpc) is 2.69. The number of esters is 1. The lowest BCUT2D eigenvalue weighted by atomic mass is 10.2. The number of carbonyl (C=O) groups excluding carboxylic acids is 2. The highest BCUT2D eigenvalue weighted by Crippen LogP contribution is 2.22. The van der Waals surface area contributed by atoms with E-state index in [1.165, 1.54) is 31.2 Å². The second-order valence-corrected chi connectivity index (χ2v) is 8.35. The van der Waals surface area contributed by atoms with Crippen molar-refractivity contribution in [3.05, 3.63) is 63.4 Å². The Morgan fingerprint density at radius 1 is 1.26 bits per heavy atom. The molecule has 31 heavy (non-hydrogen) atoms. The largest absolute Gasteiger partial charge is 0.452 e. The van der Waals surface area contributed by atoms with Gasteiger partial charge in [-0.2, -0.15) is 4.39 Å². The highest BCUT2D eigenvalue weighted by Gasteiger charge is 2.21. The fourth-order valence-corrected chi connectivity index (χ4v) is 3.62. The lowest BCUT2D eigenvalue weighted by molar-refractivity contribution is -0.387. The number of rotatable bonds is 9. The van der Waals surface area contributed by atoms with E-state index in [0.717, 1.165) is 18.2 Å². The van der Waals surface area contributed by atoms with Gasteiger partial charge in [0.05, 0.1) is 16.2 Å². The maximum atomic E-state index is 13.3. The van der Waals surface area contributed by atoms with Gasteiger partial charge in [-0.05, 0) is 37.3 Å². The number of anilines is 1. The smallest absolute Gasteiger partial charge is 0.307 e.